The Balaban J connectivity index is 2.09. The Morgan fingerprint density at radius 2 is 2.44 bits per heavy atom. The Bertz CT molecular complexity index is 377. The van der Waals surface area contributed by atoms with Crippen molar-refractivity contribution in [2.24, 2.45) is 0 Å². The average molecular weight is 224 g/mol. The Kier molecular flexibility index (Phi) is 3.19. The molecule has 1 fully saturated rings. The van der Waals surface area contributed by atoms with Crippen LogP contribution in [0.25, 0.3) is 0 Å². The van der Waals surface area contributed by atoms with Crippen molar-refractivity contribution >= 4 is 5.91 Å². The van der Waals surface area contributed by atoms with E-state index in [2.05, 4.69) is 27.7 Å². The van der Waals surface area contributed by atoms with E-state index in [1.807, 2.05) is 0 Å². The molecular weight excluding hydrogens is 208 g/mol. The van der Waals surface area contributed by atoms with Gasteiger partial charge in [-0.1, -0.05) is 5.16 Å². The molecule has 1 aromatic heterocycles. The minimum absolute atomic E-state index is 0.115. The summed E-state index contributed by atoms with van der Waals surface area (Å²) in [6, 6.07) is 0.453. The minimum Gasteiger partial charge on any atom is -0.352 e. The van der Waals surface area contributed by atoms with Gasteiger partial charge in [0.1, 0.15) is 0 Å². The average Bonchev–Trinajstić information content (AvgIpc) is 2.77. The third-order valence-corrected chi connectivity index (χ3v) is 2.84. The second-order valence-corrected chi connectivity index (χ2v) is 4.11. The molecule has 88 valence electrons. The van der Waals surface area contributed by atoms with Crippen LogP contribution < -0.4 is 10.6 Å². The SMILES string of the molecule is CNC(=O)c1noc(C2CCNC(C)C2)n1. The molecule has 16 heavy (non-hydrogen) atoms. The maximum absolute atomic E-state index is 11.3. The van der Waals surface area contributed by atoms with Gasteiger partial charge in [0, 0.05) is 19.0 Å². The highest BCUT2D eigenvalue weighted by atomic mass is 16.5. The lowest BCUT2D eigenvalue weighted by Gasteiger charge is -2.25. The highest BCUT2D eigenvalue weighted by Gasteiger charge is 2.25. The predicted molar refractivity (Wildman–Crippen MR) is 57.1 cm³/mol. The largest absolute Gasteiger partial charge is 0.352 e. The van der Waals surface area contributed by atoms with Gasteiger partial charge in [-0.25, -0.2) is 0 Å². The number of nitrogens with zero attached hydrogens (tertiary/aromatic N) is 2. The first kappa shape index (κ1) is 11.1. The van der Waals surface area contributed by atoms with E-state index in [1.165, 1.54) is 0 Å². The van der Waals surface area contributed by atoms with Gasteiger partial charge < -0.3 is 15.2 Å². The number of nitrogens with one attached hydrogen (secondary N) is 2. The van der Waals surface area contributed by atoms with Crippen LogP contribution in [0.1, 0.15) is 42.2 Å². The summed E-state index contributed by atoms with van der Waals surface area (Å²) < 4.78 is 5.13. The number of piperidine rings is 1. The van der Waals surface area contributed by atoms with Crippen molar-refractivity contribution in [3.05, 3.63) is 11.7 Å². The first-order valence-electron chi connectivity index (χ1n) is 5.49. The van der Waals surface area contributed by atoms with Crippen molar-refractivity contribution in [1.82, 2.24) is 20.8 Å². The van der Waals surface area contributed by atoms with Gasteiger partial charge in [-0.05, 0) is 26.3 Å². The van der Waals surface area contributed by atoms with E-state index in [-0.39, 0.29) is 17.6 Å². The molecule has 2 rings (SSSR count). The van der Waals surface area contributed by atoms with Gasteiger partial charge in [0.15, 0.2) is 0 Å². The summed E-state index contributed by atoms with van der Waals surface area (Å²) in [6.45, 7) is 3.08. The number of hydrogen-bond donors (Lipinski definition) is 2. The lowest BCUT2D eigenvalue weighted by atomic mass is 9.93. The quantitative estimate of drug-likeness (QED) is 0.754. The van der Waals surface area contributed by atoms with Crippen molar-refractivity contribution in [2.75, 3.05) is 13.6 Å². The van der Waals surface area contributed by atoms with Crippen molar-refractivity contribution in [1.29, 1.82) is 0 Å². The number of carbonyl (C=O) groups excluding carboxylic acids is 1. The Morgan fingerprint density at radius 1 is 1.62 bits per heavy atom. The summed E-state index contributed by atoms with van der Waals surface area (Å²) >= 11 is 0. The second-order valence-electron chi connectivity index (χ2n) is 4.11. The van der Waals surface area contributed by atoms with E-state index in [9.17, 15) is 4.79 Å². The molecule has 0 radical (unpaired) electrons. The van der Waals surface area contributed by atoms with Crippen molar-refractivity contribution < 1.29 is 9.32 Å². The third kappa shape index (κ3) is 2.21. The Labute approximate surface area is 93.8 Å². The fraction of sp³-hybridized carbons (Fsp3) is 0.700. The van der Waals surface area contributed by atoms with Gasteiger partial charge in [0.25, 0.3) is 11.7 Å². The number of amides is 1. The molecular formula is C10H16N4O2. The monoisotopic (exact) mass is 224 g/mol. The van der Waals surface area contributed by atoms with Crippen molar-refractivity contribution in [3.63, 3.8) is 0 Å². The van der Waals surface area contributed by atoms with Crippen LogP contribution >= 0.6 is 0 Å². The van der Waals surface area contributed by atoms with E-state index in [4.69, 9.17) is 4.52 Å². The smallest absolute Gasteiger partial charge is 0.292 e. The molecule has 2 unspecified atom stereocenters. The van der Waals surface area contributed by atoms with Crippen molar-refractivity contribution in [3.8, 4) is 0 Å². The second kappa shape index (κ2) is 4.61. The normalized spacial score (nSPS) is 25.4. The van der Waals surface area contributed by atoms with Gasteiger partial charge in [-0.3, -0.25) is 4.79 Å². The highest BCUT2D eigenvalue weighted by Crippen LogP contribution is 2.26. The molecule has 1 saturated heterocycles. The first-order chi connectivity index (χ1) is 7.70. The van der Waals surface area contributed by atoms with Crippen LogP contribution in [0.15, 0.2) is 4.52 Å². The predicted octanol–water partition coefficient (Wildman–Crippen LogP) is 0.285. The number of hydrogen-bond acceptors (Lipinski definition) is 5. The standard InChI is InChI=1S/C10H16N4O2/c1-6-5-7(3-4-12-6)10-13-8(14-16-10)9(15)11-2/h6-7,12H,3-5H2,1-2H3,(H,11,15). The lowest BCUT2D eigenvalue weighted by Crippen LogP contribution is -2.35. The topological polar surface area (TPSA) is 80.0 Å². The highest BCUT2D eigenvalue weighted by molar-refractivity contribution is 5.89. The molecule has 0 saturated carbocycles. The van der Waals surface area contributed by atoms with Crippen LogP contribution in [0, 0.1) is 0 Å². The van der Waals surface area contributed by atoms with E-state index in [0.717, 1.165) is 19.4 Å². The number of rotatable bonds is 2. The van der Waals surface area contributed by atoms with Crippen LogP contribution in [-0.4, -0.2) is 35.7 Å². The van der Waals surface area contributed by atoms with Gasteiger partial charge in [-0.2, -0.15) is 4.98 Å². The Morgan fingerprint density at radius 3 is 3.12 bits per heavy atom. The molecule has 0 aromatic carbocycles. The summed E-state index contributed by atoms with van der Waals surface area (Å²) in [5.74, 6) is 0.648. The summed E-state index contributed by atoms with van der Waals surface area (Å²) in [6.07, 6.45) is 1.94. The van der Waals surface area contributed by atoms with E-state index < -0.39 is 0 Å². The van der Waals surface area contributed by atoms with Crippen LogP contribution in [-0.2, 0) is 0 Å². The fourth-order valence-corrected chi connectivity index (χ4v) is 1.96. The van der Waals surface area contributed by atoms with Crippen LogP contribution in [0.4, 0.5) is 0 Å². The Hall–Kier alpha value is -1.43. The molecule has 1 aromatic rings. The molecule has 2 N–H and O–H groups in total. The molecule has 6 nitrogen and oxygen atoms in total. The summed E-state index contributed by atoms with van der Waals surface area (Å²) in [5.41, 5.74) is 0. The number of carbonyl (C=O) groups is 1. The third-order valence-electron chi connectivity index (χ3n) is 2.84. The molecule has 0 bridgehead atoms. The fourth-order valence-electron chi connectivity index (χ4n) is 1.96. The van der Waals surface area contributed by atoms with Gasteiger partial charge in [-0.15, -0.1) is 0 Å². The summed E-state index contributed by atoms with van der Waals surface area (Å²) in [5, 5.41) is 9.49. The lowest BCUT2D eigenvalue weighted by molar-refractivity contribution is 0.0950. The maximum Gasteiger partial charge on any atom is 0.292 e. The molecule has 6 heteroatoms. The molecule has 1 amide bonds. The molecule has 0 aliphatic carbocycles. The molecule has 1 aliphatic rings. The van der Waals surface area contributed by atoms with Gasteiger partial charge in [0.2, 0.25) is 5.89 Å². The molecule has 2 heterocycles. The van der Waals surface area contributed by atoms with Crippen molar-refractivity contribution in [2.45, 2.75) is 31.7 Å². The van der Waals surface area contributed by atoms with E-state index in [1.54, 1.807) is 7.05 Å². The zero-order valence-electron chi connectivity index (χ0n) is 9.49. The zero-order chi connectivity index (χ0) is 11.5. The molecule has 0 spiro atoms. The summed E-state index contributed by atoms with van der Waals surface area (Å²) in [7, 11) is 1.55. The van der Waals surface area contributed by atoms with E-state index in [0.29, 0.717) is 11.9 Å². The van der Waals surface area contributed by atoms with Crippen LogP contribution in [0.2, 0.25) is 0 Å². The molecule has 1 aliphatic heterocycles. The van der Waals surface area contributed by atoms with Crippen LogP contribution in [0.5, 0.6) is 0 Å². The first-order valence-corrected chi connectivity index (χ1v) is 5.49. The summed E-state index contributed by atoms with van der Waals surface area (Å²) in [4.78, 5) is 15.4. The number of aromatic nitrogens is 2. The van der Waals surface area contributed by atoms with E-state index >= 15 is 0 Å². The zero-order valence-corrected chi connectivity index (χ0v) is 9.49. The van der Waals surface area contributed by atoms with Crippen LogP contribution in [0.3, 0.4) is 0 Å². The minimum atomic E-state index is -0.308. The van der Waals surface area contributed by atoms with Gasteiger partial charge >= 0.3 is 0 Å². The maximum atomic E-state index is 11.3. The van der Waals surface area contributed by atoms with Gasteiger partial charge in [0.05, 0.1) is 0 Å². The molecule has 2 atom stereocenters.